The third-order valence-corrected chi connectivity index (χ3v) is 3.61. The topological polar surface area (TPSA) is 77.0 Å². The van der Waals surface area contributed by atoms with Gasteiger partial charge in [-0.05, 0) is 23.8 Å². The van der Waals surface area contributed by atoms with Crippen LogP contribution >= 0.6 is 11.6 Å². The van der Waals surface area contributed by atoms with Gasteiger partial charge in [0.2, 0.25) is 5.56 Å². The summed E-state index contributed by atoms with van der Waals surface area (Å²) in [5.41, 5.74) is 0.813. The average molecular weight is 318 g/mol. The lowest BCUT2D eigenvalue weighted by Crippen LogP contribution is -2.25. The zero-order valence-corrected chi connectivity index (χ0v) is 12.4. The van der Waals surface area contributed by atoms with Gasteiger partial charge in [0.15, 0.2) is 0 Å². The first-order valence-corrected chi connectivity index (χ1v) is 6.89. The molecule has 3 aromatic rings. The fourth-order valence-corrected chi connectivity index (χ4v) is 2.37. The maximum absolute atomic E-state index is 12.2. The van der Waals surface area contributed by atoms with Crippen LogP contribution in [0.3, 0.4) is 0 Å². The smallest absolute Gasteiger partial charge is 0.288 e. The molecule has 0 radical (unpaired) electrons. The van der Waals surface area contributed by atoms with Crippen molar-refractivity contribution in [2.75, 3.05) is 7.11 Å². The molecule has 0 saturated carbocycles. The Hall–Kier alpha value is -2.60. The molecule has 0 aliphatic heterocycles. The SMILES string of the molecule is COc1ccc(Cn2nc3ccc(=O)[nH]c3c(Cl)c2=O)cc1. The summed E-state index contributed by atoms with van der Waals surface area (Å²) < 4.78 is 6.36. The first-order chi connectivity index (χ1) is 10.6. The maximum atomic E-state index is 12.2. The van der Waals surface area contributed by atoms with Gasteiger partial charge in [0.05, 0.1) is 19.2 Å². The van der Waals surface area contributed by atoms with Gasteiger partial charge in [-0.1, -0.05) is 23.7 Å². The Balaban J connectivity index is 2.06. The second-order valence-corrected chi connectivity index (χ2v) is 5.09. The molecule has 22 heavy (non-hydrogen) atoms. The van der Waals surface area contributed by atoms with E-state index in [4.69, 9.17) is 16.3 Å². The molecule has 0 saturated heterocycles. The van der Waals surface area contributed by atoms with Crippen molar-refractivity contribution in [1.29, 1.82) is 0 Å². The summed E-state index contributed by atoms with van der Waals surface area (Å²) in [6, 6.07) is 10.2. The number of H-pyrrole nitrogens is 1. The lowest BCUT2D eigenvalue weighted by atomic mass is 10.2. The van der Waals surface area contributed by atoms with Crippen LogP contribution in [-0.2, 0) is 6.54 Å². The lowest BCUT2D eigenvalue weighted by molar-refractivity contribution is 0.414. The Bertz CT molecular complexity index is 945. The highest BCUT2D eigenvalue weighted by molar-refractivity contribution is 6.34. The van der Waals surface area contributed by atoms with Crippen LogP contribution in [0.5, 0.6) is 5.75 Å². The molecule has 112 valence electrons. The van der Waals surface area contributed by atoms with Gasteiger partial charge in [0.1, 0.15) is 16.3 Å². The molecule has 0 aliphatic carbocycles. The van der Waals surface area contributed by atoms with Crippen molar-refractivity contribution in [3.05, 3.63) is 67.7 Å². The van der Waals surface area contributed by atoms with Gasteiger partial charge in [0.25, 0.3) is 5.56 Å². The quantitative estimate of drug-likeness (QED) is 0.799. The molecular formula is C15H12ClN3O3. The standard InChI is InChI=1S/C15H12ClN3O3/c1-22-10-4-2-9(3-5-10)8-19-15(21)13(16)14-11(18-19)6-7-12(20)17-14/h2-7H,8H2,1H3,(H,17,20). The van der Waals surface area contributed by atoms with E-state index in [9.17, 15) is 9.59 Å². The second-order valence-electron chi connectivity index (χ2n) is 4.71. The summed E-state index contributed by atoms with van der Waals surface area (Å²) in [7, 11) is 1.59. The number of halogens is 1. The van der Waals surface area contributed by atoms with E-state index in [1.54, 1.807) is 19.2 Å². The highest BCUT2D eigenvalue weighted by Crippen LogP contribution is 2.15. The zero-order valence-electron chi connectivity index (χ0n) is 11.7. The Morgan fingerprint density at radius 1 is 1.18 bits per heavy atom. The minimum Gasteiger partial charge on any atom is -0.497 e. The fourth-order valence-electron chi connectivity index (χ4n) is 2.12. The molecule has 1 aromatic carbocycles. The van der Waals surface area contributed by atoms with Crippen molar-refractivity contribution in [3.8, 4) is 5.75 Å². The highest BCUT2D eigenvalue weighted by atomic mass is 35.5. The van der Waals surface area contributed by atoms with Crippen molar-refractivity contribution >= 4 is 22.6 Å². The van der Waals surface area contributed by atoms with Crippen LogP contribution in [-0.4, -0.2) is 21.9 Å². The third kappa shape index (κ3) is 2.60. The van der Waals surface area contributed by atoms with E-state index in [2.05, 4.69) is 10.1 Å². The monoisotopic (exact) mass is 317 g/mol. The van der Waals surface area contributed by atoms with Gasteiger partial charge in [-0.2, -0.15) is 5.10 Å². The Morgan fingerprint density at radius 2 is 1.91 bits per heavy atom. The lowest BCUT2D eigenvalue weighted by Gasteiger charge is -2.08. The molecule has 2 heterocycles. The van der Waals surface area contributed by atoms with Crippen molar-refractivity contribution in [1.82, 2.24) is 14.8 Å². The summed E-state index contributed by atoms with van der Waals surface area (Å²) in [6.45, 7) is 0.275. The van der Waals surface area contributed by atoms with Crippen LogP contribution in [0.15, 0.2) is 46.0 Å². The largest absolute Gasteiger partial charge is 0.497 e. The normalized spacial score (nSPS) is 10.8. The van der Waals surface area contributed by atoms with Crippen LogP contribution in [0.4, 0.5) is 0 Å². The van der Waals surface area contributed by atoms with Crippen molar-refractivity contribution < 1.29 is 4.74 Å². The summed E-state index contributed by atoms with van der Waals surface area (Å²) in [5, 5.41) is 4.19. The molecular weight excluding hydrogens is 306 g/mol. The molecule has 3 rings (SSSR count). The molecule has 0 fully saturated rings. The van der Waals surface area contributed by atoms with Crippen molar-refractivity contribution in [2.24, 2.45) is 0 Å². The molecule has 0 amide bonds. The number of rotatable bonds is 3. The molecule has 6 nitrogen and oxygen atoms in total. The molecule has 2 aromatic heterocycles. The minimum absolute atomic E-state index is 0.0452. The van der Waals surface area contributed by atoms with E-state index in [0.29, 0.717) is 5.52 Å². The van der Waals surface area contributed by atoms with Gasteiger partial charge >= 0.3 is 0 Å². The number of benzene rings is 1. The van der Waals surface area contributed by atoms with E-state index < -0.39 is 5.56 Å². The zero-order chi connectivity index (χ0) is 15.7. The molecule has 7 heteroatoms. The van der Waals surface area contributed by atoms with E-state index in [-0.39, 0.29) is 22.6 Å². The summed E-state index contributed by atoms with van der Waals surface area (Å²) in [5.74, 6) is 0.734. The van der Waals surface area contributed by atoms with Crippen LogP contribution in [0.1, 0.15) is 5.56 Å². The number of aromatic nitrogens is 3. The third-order valence-electron chi connectivity index (χ3n) is 3.26. The van der Waals surface area contributed by atoms with Crippen LogP contribution in [0.2, 0.25) is 5.02 Å². The number of pyridine rings is 1. The van der Waals surface area contributed by atoms with Gasteiger partial charge in [-0.3, -0.25) is 9.59 Å². The molecule has 0 unspecified atom stereocenters. The first-order valence-electron chi connectivity index (χ1n) is 6.51. The predicted octanol–water partition coefficient (Wildman–Crippen LogP) is 1.80. The second kappa shape index (κ2) is 5.65. The summed E-state index contributed by atoms with van der Waals surface area (Å²) in [4.78, 5) is 26.1. The Labute approximate surface area is 129 Å². The fraction of sp³-hybridized carbons (Fsp3) is 0.133. The Kier molecular flexibility index (Phi) is 3.68. The van der Waals surface area contributed by atoms with Gasteiger partial charge in [0, 0.05) is 6.07 Å². The Morgan fingerprint density at radius 3 is 2.59 bits per heavy atom. The van der Waals surface area contributed by atoms with E-state index in [1.807, 2.05) is 12.1 Å². The van der Waals surface area contributed by atoms with Crippen LogP contribution in [0.25, 0.3) is 11.0 Å². The molecule has 0 bridgehead atoms. The number of hydrogen-bond donors (Lipinski definition) is 1. The maximum Gasteiger partial charge on any atom is 0.288 e. The molecule has 0 aliphatic rings. The van der Waals surface area contributed by atoms with Gasteiger partial charge < -0.3 is 9.72 Å². The first kappa shape index (κ1) is 14.3. The van der Waals surface area contributed by atoms with E-state index in [0.717, 1.165) is 11.3 Å². The van der Waals surface area contributed by atoms with E-state index >= 15 is 0 Å². The number of nitrogens with zero attached hydrogens (tertiary/aromatic N) is 2. The average Bonchev–Trinajstić information content (AvgIpc) is 2.54. The van der Waals surface area contributed by atoms with Crippen molar-refractivity contribution in [3.63, 3.8) is 0 Å². The number of nitrogens with one attached hydrogen (secondary N) is 1. The van der Waals surface area contributed by atoms with Gasteiger partial charge in [-0.15, -0.1) is 0 Å². The van der Waals surface area contributed by atoms with Crippen molar-refractivity contribution in [2.45, 2.75) is 6.54 Å². The predicted molar refractivity (Wildman–Crippen MR) is 83.7 cm³/mol. The molecule has 1 N–H and O–H groups in total. The molecule has 0 spiro atoms. The number of ether oxygens (including phenoxy) is 1. The minimum atomic E-state index is -0.452. The number of fused-ring (bicyclic) bond motifs is 1. The van der Waals surface area contributed by atoms with E-state index in [1.165, 1.54) is 16.8 Å². The summed E-state index contributed by atoms with van der Waals surface area (Å²) >= 11 is 6.05. The highest BCUT2D eigenvalue weighted by Gasteiger charge is 2.10. The number of aromatic amines is 1. The van der Waals surface area contributed by atoms with Crippen LogP contribution < -0.4 is 15.9 Å². The number of hydrogen-bond acceptors (Lipinski definition) is 4. The van der Waals surface area contributed by atoms with Gasteiger partial charge in [-0.25, -0.2) is 4.68 Å². The summed E-state index contributed by atoms with van der Waals surface area (Å²) in [6.07, 6.45) is 0. The van der Waals surface area contributed by atoms with Crippen LogP contribution in [0, 0.1) is 0 Å². The molecule has 0 atom stereocenters. The number of methoxy groups -OCH3 is 1.